The molecular weight excluding hydrogens is 164 g/mol. The zero-order chi connectivity index (χ0) is 8.36. The summed E-state index contributed by atoms with van der Waals surface area (Å²) in [4.78, 5) is 11.0. The van der Waals surface area contributed by atoms with Gasteiger partial charge < -0.3 is 12.4 Å². The maximum absolute atomic E-state index is 11.0. The fourth-order valence-electron chi connectivity index (χ4n) is 0.428. The average molecular weight is 179 g/mol. The second-order valence-electron chi connectivity index (χ2n) is 3.01. The Kier molecular flexibility index (Phi) is 5.19. The predicted molar refractivity (Wildman–Crippen MR) is 41.0 cm³/mol. The zero-order valence-corrected chi connectivity index (χ0v) is 8.22. The van der Waals surface area contributed by atoms with Gasteiger partial charge in [0.05, 0.1) is 28.2 Å². The summed E-state index contributed by atoms with van der Waals surface area (Å²) >= 11 is 0. The molecule has 3 nitrogen and oxygen atoms in total. The standard InChI is InChI=1S/C7H15N2O.ClH/c1-6-7(10)8(2)9(3,4)5;/h6H,1H2,2-5H3;1H/q+1;/p-1. The Labute approximate surface area is 74.3 Å². The first-order chi connectivity index (χ1) is 4.39. The molecule has 0 atom stereocenters. The molecule has 0 saturated heterocycles. The van der Waals surface area contributed by atoms with Crippen LogP contribution in [0.15, 0.2) is 12.7 Å². The molecule has 0 fully saturated rings. The summed E-state index contributed by atoms with van der Waals surface area (Å²) < 4.78 is 0.491. The van der Waals surface area contributed by atoms with Crippen LogP contribution < -0.4 is 12.4 Å². The van der Waals surface area contributed by atoms with Crippen molar-refractivity contribution in [1.82, 2.24) is 5.01 Å². The lowest BCUT2D eigenvalue weighted by atomic mass is 10.5. The van der Waals surface area contributed by atoms with Gasteiger partial charge in [-0.05, 0) is 0 Å². The summed E-state index contributed by atoms with van der Waals surface area (Å²) in [6.07, 6.45) is 1.31. The van der Waals surface area contributed by atoms with E-state index in [-0.39, 0.29) is 18.3 Å². The Morgan fingerprint density at radius 3 is 1.91 bits per heavy atom. The molecule has 0 spiro atoms. The molecule has 0 aliphatic rings. The number of carbonyl (C=O) groups excluding carboxylic acids is 1. The number of quaternary nitrogens is 1. The lowest BCUT2D eigenvalue weighted by Crippen LogP contribution is -3.00. The minimum atomic E-state index is -0.0625. The van der Waals surface area contributed by atoms with E-state index in [1.54, 1.807) is 12.1 Å². The molecule has 66 valence electrons. The minimum absolute atomic E-state index is 0. The number of halogens is 1. The number of carbonyl (C=O) groups is 1. The first-order valence-electron chi connectivity index (χ1n) is 3.11. The Bertz CT molecular complexity index is 151. The van der Waals surface area contributed by atoms with Crippen molar-refractivity contribution in [1.29, 1.82) is 0 Å². The van der Waals surface area contributed by atoms with Crippen LogP contribution in [0, 0.1) is 0 Å². The molecular formula is C7H15ClN2O. The Hall–Kier alpha value is -0.540. The highest BCUT2D eigenvalue weighted by Crippen LogP contribution is 1.97. The summed E-state index contributed by atoms with van der Waals surface area (Å²) in [6, 6.07) is 0. The number of amides is 1. The maximum Gasteiger partial charge on any atom is 0.290 e. The van der Waals surface area contributed by atoms with Gasteiger partial charge in [0.1, 0.15) is 0 Å². The van der Waals surface area contributed by atoms with Gasteiger partial charge in [0.25, 0.3) is 5.91 Å². The molecule has 0 N–H and O–H groups in total. The highest BCUT2D eigenvalue weighted by Gasteiger charge is 2.18. The van der Waals surface area contributed by atoms with E-state index in [0.29, 0.717) is 4.59 Å². The van der Waals surface area contributed by atoms with Gasteiger partial charge in [0, 0.05) is 6.08 Å². The van der Waals surface area contributed by atoms with Crippen LogP contribution in [0.2, 0.25) is 0 Å². The molecule has 0 bridgehead atoms. The number of rotatable bonds is 2. The summed E-state index contributed by atoms with van der Waals surface area (Å²) in [5, 5.41) is 1.59. The van der Waals surface area contributed by atoms with Crippen molar-refractivity contribution in [2.45, 2.75) is 0 Å². The van der Waals surface area contributed by atoms with E-state index >= 15 is 0 Å². The van der Waals surface area contributed by atoms with Crippen molar-refractivity contribution < 1.29 is 21.8 Å². The van der Waals surface area contributed by atoms with Crippen LogP contribution in [-0.2, 0) is 4.79 Å². The Morgan fingerprint density at radius 1 is 1.45 bits per heavy atom. The van der Waals surface area contributed by atoms with Crippen molar-refractivity contribution >= 4 is 5.91 Å². The fraction of sp³-hybridized carbons (Fsp3) is 0.571. The number of hydrogen-bond donors (Lipinski definition) is 0. The second-order valence-corrected chi connectivity index (χ2v) is 3.01. The Balaban J connectivity index is 0. The topological polar surface area (TPSA) is 20.3 Å². The molecule has 0 heterocycles. The van der Waals surface area contributed by atoms with Gasteiger partial charge in [-0.15, -0.1) is 0 Å². The van der Waals surface area contributed by atoms with Crippen molar-refractivity contribution in [3.63, 3.8) is 0 Å². The quantitative estimate of drug-likeness (QED) is 0.255. The second kappa shape index (κ2) is 4.36. The van der Waals surface area contributed by atoms with Gasteiger partial charge >= 0.3 is 0 Å². The van der Waals surface area contributed by atoms with Crippen LogP contribution in [-0.4, -0.2) is 43.7 Å². The van der Waals surface area contributed by atoms with Crippen molar-refractivity contribution in [2.24, 2.45) is 0 Å². The van der Waals surface area contributed by atoms with Crippen molar-refractivity contribution in [3.05, 3.63) is 12.7 Å². The molecule has 0 aromatic carbocycles. The smallest absolute Gasteiger partial charge is 0.290 e. The molecule has 0 radical (unpaired) electrons. The van der Waals surface area contributed by atoms with Gasteiger partial charge in [-0.3, -0.25) is 4.79 Å². The summed E-state index contributed by atoms with van der Waals surface area (Å²) in [7, 11) is 7.49. The molecule has 0 aromatic heterocycles. The molecule has 0 unspecified atom stereocenters. The van der Waals surface area contributed by atoms with Gasteiger partial charge in [-0.2, -0.15) is 5.01 Å². The molecule has 1 amide bonds. The van der Waals surface area contributed by atoms with E-state index in [0.717, 1.165) is 0 Å². The van der Waals surface area contributed by atoms with Crippen molar-refractivity contribution in [2.75, 3.05) is 28.2 Å². The summed E-state index contributed by atoms with van der Waals surface area (Å²) in [6.45, 7) is 3.39. The monoisotopic (exact) mass is 178 g/mol. The normalized spacial score (nSPS) is 9.82. The molecule has 0 saturated carbocycles. The van der Waals surface area contributed by atoms with Crippen LogP contribution in [0.5, 0.6) is 0 Å². The maximum atomic E-state index is 11.0. The molecule has 0 rings (SSSR count). The van der Waals surface area contributed by atoms with Gasteiger partial charge in [-0.25, -0.2) is 4.59 Å². The van der Waals surface area contributed by atoms with Gasteiger partial charge in [0.15, 0.2) is 0 Å². The number of likely N-dealkylation sites (N-methyl/N-ethyl adjacent to an activating group) is 1. The number of hydrogen-bond acceptors (Lipinski definition) is 1. The zero-order valence-electron chi connectivity index (χ0n) is 7.47. The predicted octanol–water partition coefficient (Wildman–Crippen LogP) is -2.74. The first-order valence-corrected chi connectivity index (χ1v) is 3.11. The van der Waals surface area contributed by atoms with Crippen LogP contribution in [0.4, 0.5) is 0 Å². The van der Waals surface area contributed by atoms with Gasteiger partial charge in [0.2, 0.25) is 0 Å². The lowest BCUT2D eigenvalue weighted by molar-refractivity contribution is -0.970. The van der Waals surface area contributed by atoms with Crippen LogP contribution >= 0.6 is 0 Å². The van der Waals surface area contributed by atoms with E-state index < -0.39 is 0 Å². The molecule has 4 heteroatoms. The largest absolute Gasteiger partial charge is 1.00 e. The van der Waals surface area contributed by atoms with E-state index in [1.165, 1.54) is 6.08 Å². The minimum Gasteiger partial charge on any atom is -1.00 e. The van der Waals surface area contributed by atoms with Crippen LogP contribution in [0.25, 0.3) is 0 Å². The van der Waals surface area contributed by atoms with E-state index in [1.807, 2.05) is 21.1 Å². The summed E-state index contributed by atoms with van der Waals surface area (Å²) in [5.74, 6) is -0.0625. The van der Waals surface area contributed by atoms with Crippen molar-refractivity contribution in [3.8, 4) is 0 Å². The molecule has 0 aliphatic heterocycles. The summed E-state index contributed by atoms with van der Waals surface area (Å²) in [5.41, 5.74) is 0. The third-order valence-corrected chi connectivity index (χ3v) is 1.39. The van der Waals surface area contributed by atoms with Crippen LogP contribution in [0.3, 0.4) is 0 Å². The SMILES string of the molecule is C=CC(=O)N(C)[N+](C)(C)C.[Cl-]. The Morgan fingerprint density at radius 2 is 1.82 bits per heavy atom. The third-order valence-electron chi connectivity index (χ3n) is 1.39. The van der Waals surface area contributed by atoms with Gasteiger partial charge in [-0.1, -0.05) is 6.58 Å². The molecule has 0 aromatic rings. The number of nitrogens with zero attached hydrogens (tertiary/aromatic N) is 2. The highest BCUT2D eigenvalue weighted by atomic mass is 35.5. The first kappa shape index (κ1) is 13.1. The fourth-order valence-corrected chi connectivity index (χ4v) is 0.428. The highest BCUT2D eigenvalue weighted by molar-refractivity contribution is 5.85. The lowest BCUT2D eigenvalue weighted by Gasteiger charge is -2.32. The van der Waals surface area contributed by atoms with E-state index in [2.05, 4.69) is 6.58 Å². The average Bonchev–Trinajstić information content (AvgIpc) is 1.83. The third kappa shape index (κ3) is 4.01. The molecule has 11 heavy (non-hydrogen) atoms. The van der Waals surface area contributed by atoms with E-state index in [9.17, 15) is 4.79 Å². The van der Waals surface area contributed by atoms with E-state index in [4.69, 9.17) is 0 Å². The molecule has 0 aliphatic carbocycles. The van der Waals surface area contributed by atoms with Crippen LogP contribution in [0.1, 0.15) is 0 Å².